The predicted octanol–water partition coefficient (Wildman–Crippen LogP) is 5.15. The normalized spacial score (nSPS) is 15.5. The maximum Gasteiger partial charge on any atom is 0.0671 e. The van der Waals surface area contributed by atoms with Crippen LogP contribution < -0.4 is 5.32 Å². The van der Waals surface area contributed by atoms with Crippen LogP contribution in [0, 0.1) is 0 Å². The highest BCUT2D eigenvalue weighted by Gasteiger charge is 2.19. The van der Waals surface area contributed by atoms with Gasteiger partial charge in [0, 0.05) is 14.3 Å². The van der Waals surface area contributed by atoms with Crippen molar-refractivity contribution in [2.24, 2.45) is 0 Å². The van der Waals surface area contributed by atoms with E-state index in [1.54, 1.807) is 11.1 Å². The first kappa shape index (κ1) is 13.5. The summed E-state index contributed by atoms with van der Waals surface area (Å²) < 4.78 is 2.83. The number of rotatable bonds is 4. The second-order valence-electron chi connectivity index (χ2n) is 5.67. The van der Waals surface area contributed by atoms with Crippen molar-refractivity contribution in [3.63, 3.8) is 0 Å². The SMILES string of the molecule is CCNC(c1ccc2c(c1)CCC2)c1cc2sccc2s1. The first-order valence-corrected chi connectivity index (χ1v) is 9.37. The van der Waals surface area contributed by atoms with Crippen LogP contribution in [0.4, 0.5) is 0 Å². The van der Waals surface area contributed by atoms with Crippen LogP contribution in [0.1, 0.15) is 41.0 Å². The van der Waals surface area contributed by atoms with Crippen LogP contribution in [0.5, 0.6) is 0 Å². The molecule has 0 spiro atoms. The zero-order chi connectivity index (χ0) is 14.2. The summed E-state index contributed by atoms with van der Waals surface area (Å²) in [6, 6.07) is 12.0. The van der Waals surface area contributed by atoms with E-state index < -0.39 is 0 Å². The Morgan fingerprint density at radius 2 is 2.00 bits per heavy atom. The molecule has 0 fully saturated rings. The molecule has 2 aromatic heterocycles. The fraction of sp³-hybridized carbons (Fsp3) is 0.333. The second-order valence-corrected chi connectivity index (χ2v) is 7.73. The van der Waals surface area contributed by atoms with Crippen molar-refractivity contribution in [1.82, 2.24) is 5.32 Å². The zero-order valence-electron chi connectivity index (χ0n) is 12.2. The van der Waals surface area contributed by atoms with E-state index in [1.165, 1.54) is 39.1 Å². The summed E-state index contributed by atoms with van der Waals surface area (Å²) in [6.45, 7) is 3.18. The van der Waals surface area contributed by atoms with Crippen LogP contribution in [0.3, 0.4) is 0 Å². The van der Waals surface area contributed by atoms with Gasteiger partial charge < -0.3 is 5.32 Å². The van der Waals surface area contributed by atoms with Gasteiger partial charge in [-0.25, -0.2) is 0 Å². The summed E-state index contributed by atoms with van der Waals surface area (Å²) in [5.41, 5.74) is 4.54. The molecule has 3 aromatic rings. The van der Waals surface area contributed by atoms with E-state index in [0.717, 1.165) is 6.54 Å². The molecule has 0 amide bonds. The molecule has 0 radical (unpaired) electrons. The van der Waals surface area contributed by atoms with Crippen molar-refractivity contribution < 1.29 is 0 Å². The molecule has 1 atom stereocenters. The van der Waals surface area contributed by atoms with Gasteiger partial charge in [-0.3, -0.25) is 0 Å². The Labute approximate surface area is 133 Å². The second kappa shape index (κ2) is 5.56. The number of benzene rings is 1. The van der Waals surface area contributed by atoms with E-state index in [1.807, 2.05) is 22.7 Å². The Hall–Kier alpha value is -1.16. The molecule has 2 heterocycles. The highest BCUT2D eigenvalue weighted by atomic mass is 32.1. The minimum absolute atomic E-state index is 0.338. The van der Waals surface area contributed by atoms with Gasteiger partial charge in [-0.05, 0) is 60.0 Å². The molecular weight excluding hydrogens is 294 g/mol. The summed E-state index contributed by atoms with van der Waals surface area (Å²) in [4.78, 5) is 1.44. The lowest BCUT2D eigenvalue weighted by Crippen LogP contribution is -2.21. The van der Waals surface area contributed by atoms with Gasteiger partial charge in [0.25, 0.3) is 0 Å². The Morgan fingerprint density at radius 1 is 1.10 bits per heavy atom. The number of nitrogens with one attached hydrogen (secondary N) is 1. The Morgan fingerprint density at radius 3 is 2.86 bits per heavy atom. The number of hydrogen-bond acceptors (Lipinski definition) is 3. The highest BCUT2D eigenvalue weighted by Crippen LogP contribution is 2.36. The van der Waals surface area contributed by atoms with Crippen molar-refractivity contribution in [3.05, 3.63) is 57.3 Å². The Kier molecular flexibility index (Phi) is 3.57. The molecule has 21 heavy (non-hydrogen) atoms. The monoisotopic (exact) mass is 313 g/mol. The number of hydrogen-bond donors (Lipinski definition) is 1. The van der Waals surface area contributed by atoms with Crippen LogP contribution in [0.25, 0.3) is 9.40 Å². The summed E-state index contributed by atoms with van der Waals surface area (Å²) in [5.74, 6) is 0. The maximum atomic E-state index is 3.67. The van der Waals surface area contributed by atoms with Crippen LogP contribution in [-0.4, -0.2) is 6.54 Å². The average molecular weight is 313 g/mol. The Bertz CT molecular complexity index is 740. The van der Waals surface area contributed by atoms with Crippen LogP contribution in [-0.2, 0) is 12.8 Å². The summed E-state index contributed by atoms with van der Waals surface area (Å²) >= 11 is 3.77. The largest absolute Gasteiger partial charge is 0.306 e. The molecule has 1 nitrogen and oxygen atoms in total. The number of fused-ring (bicyclic) bond motifs is 2. The van der Waals surface area contributed by atoms with Crippen LogP contribution in [0.2, 0.25) is 0 Å². The molecule has 1 aromatic carbocycles. The lowest BCUT2D eigenvalue weighted by Gasteiger charge is -2.18. The molecule has 3 heteroatoms. The molecule has 0 saturated carbocycles. The van der Waals surface area contributed by atoms with Crippen LogP contribution >= 0.6 is 22.7 Å². The summed E-state index contributed by atoms with van der Waals surface area (Å²) in [6.07, 6.45) is 3.83. The van der Waals surface area contributed by atoms with Gasteiger partial charge in [0.15, 0.2) is 0 Å². The van der Waals surface area contributed by atoms with Gasteiger partial charge in [0.2, 0.25) is 0 Å². The number of thiophene rings is 2. The van der Waals surface area contributed by atoms with Crippen molar-refractivity contribution in [3.8, 4) is 0 Å². The third kappa shape index (κ3) is 2.44. The standard InChI is InChI=1S/C18H19NS2/c1-2-19-18(17-11-16-15(21-17)8-9-20-16)14-7-6-12-4-3-5-13(12)10-14/h6-11,18-19H,2-5H2,1H3. The van der Waals surface area contributed by atoms with E-state index in [4.69, 9.17) is 0 Å². The first-order valence-electron chi connectivity index (χ1n) is 7.67. The molecule has 1 unspecified atom stereocenters. The van der Waals surface area contributed by atoms with E-state index in [0.29, 0.717) is 6.04 Å². The molecule has 1 N–H and O–H groups in total. The van der Waals surface area contributed by atoms with Gasteiger partial charge in [-0.1, -0.05) is 25.1 Å². The maximum absolute atomic E-state index is 3.67. The minimum atomic E-state index is 0.338. The zero-order valence-corrected chi connectivity index (χ0v) is 13.8. The fourth-order valence-electron chi connectivity index (χ4n) is 3.28. The smallest absolute Gasteiger partial charge is 0.0671 e. The first-order chi connectivity index (χ1) is 10.3. The van der Waals surface area contributed by atoms with E-state index >= 15 is 0 Å². The molecule has 0 bridgehead atoms. The van der Waals surface area contributed by atoms with Crippen molar-refractivity contribution in [2.45, 2.75) is 32.2 Å². The van der Waals surface area contributed by atoms with Crippen LogP contribution in [0.15, 0.2) is 35.7 Å². The van der Waals surface area contributed by atoms with Gasteiger partial charge in [-0.2, -0.15) is 0 Å². The lowest BCUT2D eigenvalue weighted by molar-refractivity contribution is 0.639. The molecular formula is C18H19NS2. The summed E-state index contributed by atoms with van der Waals surface area (Å²) in [7, 11) is 0. The van der Waals surface area contributed by atoms with Crippen molar-refractivity contribution in [2.75, 3.05) is 6.54 Å². The van der Waals surface area contributed by atoms with E-state index in [-0.39, 0.29) is 0 Å². The van der Waals surface area contributed by atoms with Gasteiger partial charge in [0.05, 0.1) is 6.04 Å². The molecule has 108 valence electrons. The topological polar surface area (TPSA) is 12.0 Å². The third-order valence-electron chi connectivity index (χ3n) is 4.31. The number of aryl methyl sites for hydroxylation is 2. The van der Waals surface area contributed by atoms with E-state index in [9.17, 15) is 0 Å². The van der Waals surface area contributed by atoms with Gasteiger partial charge in [-0.15, -0.1) is 22.7 Å². The van der Waals surface area contributed by atoms with Crippen molar-refractivity contribution in [1.29, 1.82) is 0 Å². The molecule has 0 aliphatic heterocycles. The van der Waals surface area contributed by atoms with E-state index in [2.05, 4.69) is 48.0 Å². The third-order valence-corrected chi connectivity index (χ3v) is 6.47. The summed E-state index contributed by atoms with van der Waals surface area (Å²) in [5, 5.41) is 5.86. The lowest BCUT2D eigenvalue weighted by atomic mass is 10.00. The highest BCUT2D eigenvalue weighted by molar-refractivity contribution is 7.27. The Balaban J connectivity index is 1.75. The molecule has 4 rings (SSSR count). The molecule has 1 aliphatic carbocycles. The van der Waals surface area contributed by atoms with Gasteiger partial charge in [0.1, 0.15) is 0 Å². The average Bonchev–Trinajstić information content (AvgIpc) is 3.18. The van der Waals surface area contributed by atoms with Gasteiger partial charge >= 0.3 is 0 Å². The predicted molar refractivity (Wildman–Crippen MR) is 93.7 cm³/mol. The molecule has 0 saturated heterocycles. The fourth-order valence-corrected chi connectivity index (χ4v) is 5.51. The quantitative estimate of drug-likeness (QED) is 0.702. The molecule has 1 aliphatic rings. The minimum Gasteiger partial charge on any atom is -0.306 e. The van der Waals surface area contributed by atoms with Crippen molar-refractivity contribution >= 4 is 32.1 Å².